The van der Waals surface area contributed by atoms with E-state index in [0.717, 1.165) is 26.0 Å². The molecule has 1 amide bonds. The molecule has 342 valence electrons. The van der Waals surface area contributed by atoms with Crippen molar-refractivity contribution in [3.63, 3.8) is 0 Å². The smallest absolute Gasteiger partial charge is 0.312 e. The van der Waals surface area contributed by atoms with Crippen LogP contribution in [0.5, 0.6) is 17.2 Å². The summed E-state index contributed by atoms with van der Waals surface area (Å²) in [4.78, 5) is 53.8. The molecule has 7 rings (SSSR count). The number of Topliss-reactive ketones (excluding diaryl/α,β-unsaturated/α-hetero) is 1. The lowest BCUT2D eigenvalue weighted by molar-refractivity contribution is -0.160. The van der Waals surface area contributed by atoms with Gasteiger partial charge >= 0.3 is 11.8 Å². The molecule has 5 N–H and O–H groups in total. The normalized spacial score (nSPS) is 34.3. The Morgan fingerprint density at radius 1 is 0.968 bits per heavy atom. The summed E-state index contributed by atoms with van der Waals surface area (Å²) < 4.78 is 29.9. The van der Waals surface area contributed by atoms with E-state index >= 15 is 0 Å². The lowest BCUT2D eigenvalue weighted by atomic mass is 9.78. The van der Waals surface area contributed by atoms with Crippen LogP contribution in [0.2, 0.25) is 0 Å². The number of ketones is 1. The number of carbonyl (C=O) groups is 3. The van der Waals surface area contributed by atoms with Crippen molar-refractivity contribution < 1.29 is 58.5 Å². The summed E-state index contributed by atoms with van der Waals surface area (Å²) in [7, 11) is 1.47. The summed E-state index contributed by atoms with van der Waals surface area (Å²) in [5.74, 6) is -6.95. The average Bonchev–Trinajstić information content (AvgIpc) is 3.97. The molecular formula is C47H62N4O12. The molecule has 5 aliphatic heterocycles. The maximum atomic E-state index is 14.8. The molecule has 4 bridgehead atoms. The van der Waals surface area contributed by atoms with E-state index in [4.69, 9.17) is 33.7 Å². The molecular weight excluding hydrogens is 813 g/mol. The third-order valence-corrected chi connectivity index (χ3v) is 13.8. The Balaban J connectivity index is 1.37. The van der Waals surface area contributed by atoms with Gasteiger partial charge in [-0.2, -0.15) is 0 Å². The highest BCUT2D eigenvalue weighted by atomic mass is 16.7. The summed E-state index contributed by atoms with van der Waals surface area (Å²) >= 11 is 0. The second kappa shape index (κ2) is 18.0. The van der Waals surface area contributed by atoms with Crippen LogP contribution in [-0.4, -0.2) is 118 Å². The number of piperidine rings is 1. The molecule has 0 aliphatic carbocycles. The molecule has 10 atom stereocenters. The SMILES string of the molecule is CO[C@H]1/C=C/O[C@@]2(C)Oc3c(C)c(O)c4c(O)c(c5c(c4c3C2=O)=NC2(CCN(C[C@H]3CCCO3)CC2)N=5)NC(=O)/C(C)=C\C=C\[C@H](C)[C@H](O)[C@@H](C)[C@@H](O)[C@@H](C)[C@H](OC(C)=O)[C@@H]1C. The van der Waals surface area contributed by atoms with Crippen molar-refractivity contribution in [2.24, 2.45) is 33.7 Å². The first-order chi connectivity index (χ1) is 29.8. The van der Waals surface area contributed by atoms with Crippen LogP contribution < -0.4 is 20.8 Å². The Morgan fingerprint density at radius 2 is 1.67 bits per heavy atom. The first-order valence-electron chi connectivity index (χ1n) is 22.0. The fourth-order valence-corrected chi connectivity index (χ4v) is 9.76. The number of methoxy groups -OCH3 is 1. The van der Waals surface area contributed by atoms with E-state index < -0.39 is 82.9 Å². The number of anilines is 1. The molecule has 63 heavy (non-hydrogen) atoms. The molecule has 5 aliphatic rings. The molecule has 2 saturated heterocycles. The molecule has 0 unspecified atom stereocenters. The van der Waals surface area contributed by atoms with E-state index in [1.807, 2.05) is 0 Å². The number of phenolic OH excluding ortho intramolecular Hbond substituents is 2. The first-order valence-corrected chi connectivity index (χ1v) is 22.0. The number of likely N-dealkylation sites (tertiary alicyclic amines) is 1. The van der Waals surface area contributed by atoms with Gasteiger partial charge in [0.05, 0.1) is 47.0 Å². The van der Waals surface area contributed by atoms with Gasteiger partial charge < -0.3 is 54.3 Å². The highest BCUT2D eigenvalue weighted by molar-refractivity contribution is 6.19. The van der Waals surface area contributed by atoms with Gasteiger partial charge in [0.1, 0.15) is 28.6 Å². The van der Waals surface area contributed by atoms with Crippen molar-refractivity contribution in [1.29, 1.82) is 0 Å². The number of ether oxygens (including phenoxy) is 5. The topological polar surface area (TPSA) is 218 Å². The van der Waals surface area contributed by atoms with Crippen LogP contribution in [0.25, 0.3) is 10.8 Å². The number of rotatable bonds is 4. The molecule has 16 heteroatoms. The van der Waals surface area contributed by atoms with E-state index in [2.05, 4.69) is 10.2 Å². The Kier molecular flexibility index (Phi) is 13.1. The zero-order valence-corrected chi connectivity index (χ0v) is 37.6. The zero-order chi connectivity index (χ0) is 45.7. The van der Waals surface area contributed by atoms with Gasteiger partial charge in [0.15, 0.2) is 11.4 Å². The molecule has 16 nitrogen and oxygen atoms in total. The standard InChI is InChI=1S/C47H62N4O12/c1-23-12-10-13-24(2)45(58)48-37-36-35(49-47(50-36)16-18-51(19-17-47)22-30-14-11-20-60-30)32-33(41(37)56)40(55)28(6)43-34(32)44(57)46(8,63-43)61-21-15-31(59-9)25(3)42(62-29(7)52)27(5)39(54)26(4)38(23)53/h10,12-13,15,21,23,25-27,30-31,38-39,42,53-56H,11,14,16-20,22H2,1-9H3,(H,48,58)/b12-10+,21-15+,24-13-/t23-,25+,26+,27+,30+,31-,38-,39+,42+,46-/m0/s1. The van der Waals surface area contributed by atoms with Crippen molar-refractivity contribution in [3.8, 4) is 17.2 Å². The number of allylic oxidation sites excluding steroid dienone is 2. The number of aliphatic hydroxyl groups is 2. The van der Waals surface area contributed by atoms with Gasteiger partial charge in [0.25, 0.3) is 11.7 Å². The molecule has 1 spiro atoms. The van der Waals surface area contributed by atoms with E-state index in [1.165, 1.54) is 27.2 Å². The first kappa shape index (κ1) is 46.1. The predicted molar refractivity (Wildman–Crippen MR) is 232 cm³/mol. The lowest BCUT2D eigenvalue weighted by Gasteiger charge is -2.38. The molecule has 0 radical (unpaired) electrons. The number of carbonyl (C=O) groups excluding carboxylic acids is 3. The van der Waals surface area contributed by atoms with Crippen LogP contribution in [-0.2, 0) is 28.5 Å². The summed E-state index contributed by atoms with van der Waals surface area (Å²) in [6.07, 6.45) is 7.18. The van der Waals surface area contributed by atoms with E-state index in [0.29, 0.717) is 25.9 Å². The summed E-state index contributed by atoms with van der Waals surface area (Å²) in [5, 5.41) is 50.3. The third-order valence-electron chi connectivity index (χ3n) is 13.8. The van der Waals surface area contributed by atoms with Crippen LogP contribution in [0, 0.1) is 30.6 Å². The third kappa shape index (κ3) is 8.60. The summed E-state index contributed by atoms with van der Waals surface area (Å²) in [6.45, 7) is 15.8. The van der Waals surface area contributed by atoms with Crippen LogP contribution >= 0.6 is 0 Å². The lowest BCUT2D eigenvalue weighted by Crippen LogP contribution is -2.46. The number of benzene rings is 2. The minimum atomic E-state index is -1.97. The number of amides is 1. The summed E-state index contributed by atoms with van der Waals surface area (Å²) in [5.41, 5.74) is -0.622. The number of esters is 1. The van der Waals surface area contributed by atoms with E-state index in [9.17, 15) is 34.8 Å². The van der Waals surface area contributed by atoms with Gasteiger partial charge in [-0.1, -0.05) is 45.9 Å². The fraction of sp³-hybridized carbons (Fsp3) is 0.596. The van der Waals surface area contributed by atoms with Crippen molar-refractivity contribution in [2.75, 3.05) is 38.7 Å². The van der Waals surface area contributed by atoms with Crippen LogP contribution in [0.4, 0.5) is 5.69 Å². The molecule has 0 aromatic heterocycles. The number of aliphatic hydroxyl groups excluding tert-OH is 2. The molecule has 2 fully saturated rings. The second-order valence-corrected chi connectivity index (χ2v) is 18.2. The van der Waals surface area contributed by atoms with Gasteiger partial charge in [-0.05, 0) is 32.8 Å². The molecule has 2 aromatic rings. The van der Waals surface area contributed by atoms with Gasteiger partial charge in [0.2, 0.25) is 0 Å². The Bertz CT molecular complexity index is 2360. The predicted octanol–water partition coefficient (Wildman–Crippen LogP) is 4.27. The molecule has 5 heterocycles. The largest absolute Gasteiger partial charge is 0.507 e. The number of hydrogen-bond donors (Lipinski definition) is 5. The van der Waals surface area contributed by atoms with E-state index in [1.54, 1.807) is 65.8 Å². The minimum Gasteiger partial charge on any atom is -0.507 e. The summed E-state index contributed by atoms with van der Waals surface area (Å²) in [6, 6.07) is 0. The van der Waals surface area contributed by atoms with Crippen molar-refractivity contribution in [1.82, 2.24) is 4.90 Å². The van der Waals surface area contributed by atoms with Crippen molar-refractivity contribution in [3.05, 3.63) is 58.0 Å². The number of hydrogen-bond acceptors (Lipinski definition) is 15. The quantitative estimate of drug-likeness (QED) is 0.215. The molecule has 0 saturated carbocycles. The number of aromatic hydroxyl groups is 2. The van der Waals surface area contributed by atoms with Gasteiger partial charge in [-0.3, -0.25) is 24.4 Å². The Morgan fingerprint density at radius 3 is 2.32 bits per heavy atom. The fourth-order valence-electron chi connectivity index (χ4n) is 9.76. The highest BCUT2D eigenvalue weighted by Gasteiger charge is 2.50. The maximum absolute atomic E-state index is 14.8. The number of nitrogens with one attached hydrogen (secondary N) is 1. The number of phenols is 2. The average molecular weight is 875 g/mol. The monoisotopic (exact) mass is 874 g/mol. The highest BCUT2D eigenvalue weighted by Crippen LogP contribution is 2.50. The van der Waals surface area contributed by atoms with Crippen molar-refractivity contribution in [2.45, 2.75) is 123 Å². The van der Waals surface area contributed by atoms with Gasteiger partial charge in [-0.15, -0.1) is 0 Å². The van der Waals surface area contributed by atoms with Crippen LogP contribution in [0.3, 0.4) is 0 Å². The molecule has 2 aromatic carbocycles. The minimum absolute atomic E-state index is 0.0305. The van der Waals surface area contributed by atoms with Crippen LogP contribution in [0.1, 0.15) is 90.1 Å². The Hall–Kier alpha value is -4.87. The van der Waals surface area contributed by atoms with Crippen LogP contribution in [0.15, 0.2) is 46.1 Å². The Labute approximate surface area is 367 Å². The number of nitrogens with zero attached hydrogens (tertiary/aromatic N) is 3. The van der Waals surface area contributed by atoms with Crippen molar-refractivity contribution >= 4 is 34.1 Å². The van der Waals surface area contributed by atoms with E-state index in [-0.39, 0.29) is 61.5 Å². The maximum Gasteiger partial charge on any atom is 0.312 e. The second-order valence-electron chi connectivity index (χ2n) is 18.2. The van der Waals surface area contributed by atoms with Gasteiger partial charge in [0, 0.05) is 100 Å². The number of fused-ring (bicyclic) bond motifs is 1. The zero-order valence-electron chi connectivity index (χ0n) is 37.6. The van der Waals surface area contributed by atoms with Gasteiger partial charge in [-0.25, -0.2) is 0 Å².